The molecule has 0 saturated carbocycles. The highest BCUT2D eigenvalue weighted by atomic mass is 19.4. The van der Waals surface area contributed by atoms with E-state index in [1.54, 1.807) is 0 Å². The van der Waals surface area contributed by atoms with E-state index in [1.807, 2.05) is 30.3 Å². The molecule has 0 radical (unpaired) electrons. The predicted octanol–water partition coefficient (Wildman–Crippen LogP) is 1.90. The molecule has 0 unspecified atom stereocenters. The molecule has 14 heavy (non-hydrogen) atoms. The Balaban J connectivity index is 0.000000241. The number of rotatable bonds is 0. The highest BCUT2D eigenvalue weighted by Gasteiger charge is 2.38. The third-order valence-corrected chi connectivity index (χ3v) is 1.04. The van der Waals surface area contributed by atoms with E-state index in [0.717, 1.165) is 5.69 Å². The minimum Gasteiger partial charge on any atom is -0.475 e. The topological polar surface area (TPSA) is 63.3 Å². The van der Waals surface area contributed by atoms with Crippen LogP contribution in [0.1, 0.15) is 0 Å². The summed E-state index contributed by atoms with van der Waals surface area (Å²) in [6.45, 7) is 0. The summed E-state index contributed by atoms with van der Waals surface area (Å²) in [5, 5.41) is 7.12. The van der Waals surface area contributed by atoms with Crippen molar-refractivity contribution in [2.24, 2.45) is 0 Å². The molecule has 1 rings (SSSR count). The van der Waals surface area contributed by atoms with Gasteiger partial charge in [0.2, 0.25) is 0 Å². The predicted molar refractivity (Wildman–Crippen MR) is 44.5 cm³/mol. The van der Waals surface area contributed by atoms with Gasteiger partial charge in [0.15, 0.2) is 0 Å². The summed E-state index contributed by atoms with van der Waals surface area (Å²) < 4.78 is 31.7. The molecule has 0 aliphatic heterocycles. The van der Waals surface area contributed by atoms with Gasteiger partial charge < -0.3 is 10.8 Å². The highest BCUT2D eigenvalue weighted by molar-refractivity contribution is 5.73. The second kappa shape index (κ2) is 5.11. The van der Waals surface area contributed by atoms with Gasteiger partial charge in [0.05, 0.1) is 0 Å². The van der Waals surface area contributed by atoms with Gasteiger partial charge in [-0.2, -0.15) is 13.2 Å². The fraction of sp³-hybridized carbons (Fsp3) is 0.125. The highest BCUT2D eigenvalue weighted by Crippen LogP contribution is 2.13. The van der Waals surface area contributed by atoms with Crippen LogP contribution in [0.4, 0.5) is 18.9 Å². The lowest BCUT2D eigenvalue weighted by atomic mass is 10.3. The van der Waals surface area contributed by atoms with Gasteiger partial charge >= 0.3 is 12.1 Å². The van der Waals surface area contributed by atoms with Crippen LogP contribution in [0, 0.1) is 0 Å². The number of para-hydroxylation sites is 1. The number of aliphatic carboxylic acids is 1. The Hall–Kier alpha value is -1.72. The summed E-state index contributed by atoms with van der Waals surface area (Å²) >= 11 is 0. The third kappa shape index (κ3) is 5.87. The number of carbonyl (C=O) groups is 1. The van der Waals surface area contributed by atoms with Gasteiger partial charge in [-0.3, -0.25) is 0 Å². The Bertz CT molecular complexity index is 284. The van der Waals surface area contributed by atoms with Crippen molar-refractivity contribution in [3.05, 3.63) is 30.3 Å². The number of anilines is 1. The van der Waals surface area contributed by atoms with Crippen LogP contribution in [0.2, 0.25) is 0 Å². The van der Waals surface area contributed by atoms with Crippen LogP contribution < -0.4 is 5.73 Å². The first-order valence-electron chi connectivity index (χ1n) is 3.44. The fourth-order valence-electron chi connectivity index (χ4n) is 0.453. The van der Waals surface area contributed by atoms with Crippen molar-refractivity contribution >= 4 is 11.7 Å². The summed E-state index contributed by atoms with van der Waals surface area (Å²) in [5.74, 6) is -2.76. The monoisotopic (exact) mass is 207 g/mol. The van der Waals surface area contributed by atoms with Gasteiger partial charge in [0.1, 0.15) is 0 Å². The van der Waals surface area contributed by atoms with Crippen LogP contribution in [0.3, 0.4) is 0 Å². The number of benzene rings is 1. The van der Waals surface area contributed by atoms with Crippen molar-refractivity contribution < 1.29 is 23.1 Å². The molecule has 0 bridgehead atoms. The molecule has 0 amide bonds. The summed E-state index contributed by atoms with van der Waals surface area (Å²) in [7, 11) is 0. The van der Waals surface area contributed by atoms with E-state index >= 15 is 0 Å². The van der Waals surface area contributed by atoms with E-state index in [0.29, 0.717) is 0 Å². The van der Waals surface area contributed by atoms with E-state index in [-0.39, 0.29) is 0 Å². The van der Waals surface area contributed by atoms with Gasteiger partial charge in [-0.25, -0.2) is 4.79 Å². The number of carboxylic acid groups (broad SMARTS) is 1. The Morgan fingerprint density at radius 2 is 1.57 bits per heavy atom. The minimum absolute atomic E-state index is 0.822. The smallest absolute Gasteiger partial charge is 0.475 e. The van der Waals surface area contributed by atoms with Crippen LogP contribution in [0.25, 0.3) is 0 Å². The first kappa shape index (κ1) is 12.3. The molecular formula is C8H8F3NO2. The molecule has 3 N–H and O–H groups in total. The van der Waals surface area contributed by atoms with E-state index < -0.39 is 12.1 Å². The standard InChI is InChI=1S/C6H7N.C2HF3O2/c7-6-4-2-1-3-5-6;3-2(4,5)1(6)7/h1-5H,7H2;(H,6,7). The number of nitrogens with two attached hydrogens (primary N) is 1. The molecule has 0 aliphatic rings. The Labute approximate surface area is 78.0 Å². The zero-order valence-electron chi connectivity index (χ0n) is 6.95. The molecule has 0 aromatic heterocycles. The molecule has 0 spiro atoms. The van der Waals surface area contributed by atoms with E-state index in [4.69, 9.17) is 15.6 Å². The number of hydrogen-bond acceptors (Lipinski definition) is 2. The van der Waals surface area contributed by atoms with Gasteiger partial charge in [-0.05, 0) is 12.1 Å². The van der Waals surface area contributed by atoms with E-state index in [2.05, 4.69) is 0 Å². The average Bonchev–Trinajstić information content (AvgIpc) is 2.04. The molecule has 0 atom stereocenters. The van der Waals surface area contributed by atoms with Crippen molar-refractivity contribution in [3.63, 3.8) is 0 Å². The van der Waals surface area contributed by atoms with Crippen LogP contribution in [-0.2, 0) is 4.79 Å². The molecular weight excluding hydrogens is 199 g/mol. The molecule has 0 saturated heterocycles. The second-order valence-corrected chi connectivity index (χ2v) is 2.21. The maximum atomic E-state index is 10.6. The fourth-order valence-corrected chi connectivity index (χ4v) is 0.453. The largest absolute Gasteiger partial charge is 0.490 e. The summed E-state index contributed by atoms with van der Waals surface area (Å²) in [4.78, 5) is 8.90. The minimum atomic E-state index is -5.08. The van der Waals surface area contributed by atoms with Crippen molar-refractivity contribution in [3.8, 4) is 0 Å². The normalized spacial score (nSPS) is 9.93. The van der Waals surface area contributed by atoms with Gasteiger partial charge in [-0.1, -0.05) is 18.2 Å². The number of carboxylic acids is 1. The summed E-state index contributed by atoms with van der Waals surface area (Å²) in [5.41, 5.74) is 6.18. The molecule has 0 fully saturated rings. The second-order valence-electron chi connectivity index (χ2n) is 2.21. The third-order valence-electron chi connectivity index (χ3n) is 1.04. The molecule has 1 aromatic carbocycles. The summed E-state index contributed by atoms with van der Waals surface area (Å²) in [6.07, 6.45) is -5.08. The zero-order valence-corrected chi connectivity index (χ0v) is 6.95. The number of nitrogen functional groups attached to an aromatic ring is 1. The van der Waals surface area contributed by atoms with E-state index in [1.165, 1.54) is 0 Å². The molecule has 0 aliphatic carbocycles. The molecule has 3 nitrogen and oxygen atoms in total. The first-order chi connectivity index (χ1) is 6.34. The lowest BCUT2D eigenvalue weighted by Gasteiger charge is -1.93. The lowest BCUT2D eigenvalue weighted by Crippen LogP contribution is -2.21. The van der Waals surface area contributed by atoms with Crippen molar-refractivity contribution in [2.75, 3.05) is 5.73 Å². The number of hydrogen-bond donors (Lipinski definition) is 2. The Morgan fingerprint density at radius 1 is 1.21 bits per heavy atom. The quantitative estimate of drug-likeness (QED) is 0.638. The van der Waals surface area contributed by atoms with Crippen LogP contribution in [0.5, 0.6) is 0 Å². The van der Waals surface area contributed by atoms with E-state index in [9.17, 15) is 13.2 Å². The van der Waals surface area contributed by atoms with Gasteiger partial charge in [0.25, 0.3) is 0 Å². The zero-order chi connectivity index (χ0) is 11.2. The first-order valence-corrected chi connectivity index (χ1v) is 3.44. The van der Waals surface area contributed by atoms with Crippen molar-refractivity contribution in [1.29, 1.82) is 0 Å². The van der Waals surface area contributed by atoms with Crippen LogP contribution in [0.15, 0.2) is 30.3 Å². The summed E-state index contributed by atoms with van der Waals surface area (Å²) in [6, 6.07) is 9.49. The number of alkyl halides is 3. The van der Waals surface area contributed by atoms with Crippen molar-refractivity contribution in [1.82, 2.24) is 0 Å². The maximum absolute atomic E-state index is 10.6. The van der Waals surface area contributed by atoms with Crippen LogP contribution in [-0.4, -0.2) is 17.3 Å². The SMILES string of the molecule is Nc1ccccc1.O=C(O)C(F)(F)F. The van der Waals surface area contributed by atoms with Crippen molar-refractivity contribution in [2.45, 2.75) is 6.18 Å². The van der Waals surface area contributed by atoms with Gasteiger partial charge in [-0.15, -0.1) is 0 Å². The molecule has 1 aromatic rings. The molecule has 6 heteroatoms. The van der Waals surface area contributed by atoms with Gasteiger partial charge in [0, 0.05) is 5.69 Å². The van der Waals surface area contributed by atoms with Crippen LogP contribution >= 0.6 is 0 Å². The maximum Gasteiger partial charge on any atom is 0.490 e. The Morgan fingerprint density at radius 3 is 1.71 bits per heavy atom. The average molecular weight is 207 g/mol. The lowest BCUT2D eigenvalue weighted by molar-refractivity contribution is -0.192. The number of halogens is 3. The molecule has 78 valence electrons. The molecule has 0 heterocycles. The Kier molecular flexibility index (Phi) is 4.48.